The fraction of sp³-hybridized carbons (Fsp3) is 0.273. The van der Waals surface area contributed by atoms with Crippen molar-refractivity contribution >= 4 is 17.7 Å². The highest BCUT2D eigenvalue weighted by atomic mass is 16.1. The summed E-state index contributed by atoms with van der Waals surface area (Å²) in [7, 11) is 1.69. The Kier molecular flexibility index (Phi) is 3.71. The SMILES string of the molecule is CCc1cc(C(=O)Nc2ncnn2C)cc(NN)n1. The van der Waals surface area contributed by atoms with Gasteiger partial charge in [-0.3, -0.25) is 10.1 Å². The van der Waals surface area contributed by atoms with Crippen molar-refractivity contribution in [1.82, 2.24) is 19.7 Å². The van der Waals surface area contributed by atoms with E-state index < -0.39 is 0 Å². The van der Waals surface area contributed by atoms with E-state index in [-0.39, 0.29) is 5.91 Å². The summed E-state index contributed by atoms with van der Waals surface area (Å²) < 4.78 is 1.47. The maximum atomic E-state index is 12.1. The summed E-state index contributed by atoms with van der Waals surface area (Å²) in [4.78, 5) is 20.3. The number of carbonyl (C=O) groups is 1. The minimum atomic E-state index is -0.287. The zero-order valence-electron chi connectivity index (χ0n) is 10.7. The van der Waals surface area contributed by atoms with Gasteiger partial charge in [0, 0.05) is 18.3 Å². The van der Waals surface area contributed by atoms with Gasteiger partial charge in [-0.25, -0.2) is 15.5 Å². The summed E-state index contributed by atoms with van der Waals surface area (Å²) in [5, 5.41) is 6.54. The number of carbonyl (C=O) groups excluding carboxylic acids is 1. The van der Waals surface area contributed by atoms with Crippen molar-refractivity contribution in [2.24, 2.45) is 12.9 Å². The van der Waals surface area contributed by atoms with E-state index in [4.69, 9.17) is 5.84 Å². The number of nitrogens with two attached hydrogens (primary N) is 1. The number of aryl methyl sites for hydroxylation is 2. The van der Waals surface area contributed by atoms with Crippen molar-refractivity contribution in [1.29, 1.82) is 0 Å². The summed E-state index contributed by atoms with van der Waals surface area (Å²) in [5.74, 6) is 5.87. The van der Waals surface area contributed by atoms with Crippen LogP contribution in [0.25, 0.3) is 0 Å². The Morgan fingerprint density at radius 3 is 2.84 bits per heavy atom. The molecule has 0 aliphatic heterocycles. The molecule has 0 atom stereocenters. The number of hydrazine groups is 1. The van der Waals surface area contributed by atoms with Crippen LogP contribution in [0, 0.1) is 0 Å². The van der Waals surface area contributed by atoms with Crippen molar-refractivity contribution in [3.8, 4) is 0 Å². The number of nitrogens with zero attached hydrogens (tertiary/aromatic N) is 4. The van der Waals surface area contributed by atoms with Crippen molar-refractivity contribution in [2.75, 3.05) is 10.7 Å². The van der Waals surface area contributed by atoms with Gasteiger partial charge in [-0.2, -0.15) is 10.1 Å². The predicted molar refractivity (Wildman–Crippen MR) is 70.4 cm³/mol. The molecule has 0 saturated heterocycles. The highest BCUT2D eigenvalue weighted by Gasteiger charge is 2.11. The number of nitrogens with one attached hydrogen (secondary N) is 2. The third-order valence-corrected chi connectivity index (χ3v) is 2.59. The molecule has 2 rings (SSSR count). The topological polar surface area (TPSA) is 111 Å². The Hall–Kier alpha value is -2.48. The molecular formula is C11H15N7O. The number of amides is 1. The molecule has 0 aliphatic carbocycles. The molecule has 0 aromatic carbocycles. The number of pyridine rings is 1. The largest absolute Gasteiger partial charge is 0.308 e. The summed E-state index contributed by atoms with van der Waals surface area (Å²) >= 11 is 0. The van der Waals surface area contributed by atoms with E-state index in [0.29, 0.717) is 23.8 Å². The summed E-state index contributed by atoms with van der Waals surface area (Å²) in [6, 6.07) is 3.29. The average molecular weight is 261 g/mol. The fourth-order valence-electron chi connectivity index (χ4n) is 1.56. The van der Waals surface area contributed by atoms with Crippen LogP contribution in [-0.2, 0) is 13.5 Å². The normalized spacial score (nSPS) is 10.3. The van der Waals surface area contributed by atoms with E-state index in [2.05, 4.69) is 25.8 Å². The Morgan fingerprint density at radius 1 is 1.47 bits per heavy atom. The zero-order chi connectivity index (χ0) is 13.8. The Bertz CT molecular complexity index is 570. The number of aromatic nitrogens is 4. The third-order valence-electron chi connectivity index (χ3n) is 2.59. The first-order valence-electron chi connectivity index (χ1n) is 5.77. The highest BCUT2D eigenvalue weighted by molar-refractivity contribution is 6.03. The van der Waals surface area contributed by atoms with Crippen LogP contribution >= 0.6 is 0 Å². The molecule has 19 heavy (non-hydrogen) atoms. The minimum Gasteiger partial charge on any atom is -0.308 e. The number of hydrogen-bond acceptors (Lipinski definition) is 6. The number of anilines is 2. The zero-order valence-corrected chi connectivity index (χ0v) is 10.7. The van der Waals surface area contributed by atoms with Crippen LogP contribution in [-0.4, -0.2) is 25.7 Å². The van der Waals surface area contributed by atoms with Gasteiger partial charge in [0.2, 0.25) is 5.95 Å². The first kappa shape index (κ1) is 13.0. The molecule has 4 N–H and O–H groups in total. The van der Waals surface area contributed by atoms with Crippen LogP contribution in [0.3, 0.4) is 0 Å². The molecule has 0 spiro atoms. The lowest BCUT2D eigenvalue weighted by atomic mass is 10.2. The first-order chi connectivity index (χ1) is 9.13. The molecule has 8 heteroatoms. The summed E-state index contributed by atoms with van der Waals surface area (Å²) in [5.41, 5.74) is 3.68. The smallest absolute Gasteiger partial charge is 0.258 e. The number of nitrogen functional groups attached to an aromatic ring is 1. The molecule has 2 aromatic rings. The number of rotatable bonds is 4. The van der Waals surface area contributed by atoms with E-state index in [1.165, 1.54) is 11.0 Å². The molecule has 8 nitrogen and oxygen atoms in total. The lowest BCUT2D eigenvalue weighted by Gasteiger charge is -2.07. The standard InChI is InChI=1S/C11H15N7O/c1-3-8-4-7(5-9(15-8)17-12)10(19)16-11-13-6-14-18(11)2/h4-6H,3,12H2,1-2H3,(H,15,17)(H,13,14,16,19). The summed E-state index contributed by atoms with van der Waals surface area (Å²) in [6.45, 7) is 1.95. The average Bonchev–Trinajstić information content (AvgIpc) is 2.83. The van der Waals surface area contributed by atoms with Crippen LogP contribution < -0.4 is 16.6 Å². The van der Waals surface area contributed by atoms with Gasteiger partial charge < -0.3 is 5.43 Å². The van der Waals surface area contributed by atoms with Crippen molar-refractivity contribution in [3.63, 3.8) is 0 Å². The van der Waals surface area contributed by atoms with E-state index >= 15 is 0 Å². The second kappa shape index (κ2) is 5.44. The van der Waals surface area contributed by atoms with E-state index in [0.717, 1.165) is 5.69 Å². The molecule has 2 aromatic heterocycles. The quantitative estimate of drug-likeness (QED) is 0.539. The minimum absolute atomic E-state index is 0.287. The monoisotopic (exact) mass is 261 g/mol. The Morgan fingerprint density at radius 2 is 2.26 bits per heavy atom. The van der Waals surface area contributed by atoms with E-state index in [1.807, 2.05) is 6.92 Å². The van der Waals surface area contributed by atoms with Crippen molar-refractivity contribution < 1.29 is 4.79 Å². The molecule has 0 aliphatic rings. The van der Waals surface area contributed by atoms with Crippen LogP contribution in [0.1, 0.15) is 23.0 Å². The van der Waals surface area contributed by atoms with Gasteiger partial charge in [-0.1, -0.05) is 6.92 Å². The first-order valence-corrected chi connectivity index (χ1v) is 5.77. The van der Waals surface area contributed by atoms with Crippen LogP contribution in [0.4, 0.5) is 11.8 Å². The van der Waals surface area contributed by atoms with Crippen LogP contribution in [0.2, 0.25) is 0 Å². The number of hydrogen-bond donors (Lipinski definition) is 3. The molecule has 0 unspecified atom stereocenters. The molecule has 0 saturated carbocycles. The third kappa shape index (κ3) is 2.86. The maximum absolute atomic E-state index is 12.1. The Labute approximate surface area is 110 Å². The molecule has 100 valence electrons. The highest BCUT2D eigenvalue weighted by Crippen LogP contribution is 2.12. The molecule has 0 fully saturated rings. The van der Waals surface area contributed by atoms with Gasteiger partial charge in [-0.05, 0) is 18.6 Å². The molecule has 0 bridgehead atoms. The predicted octanol–water partition coefficient (Wildman–Crippen LogP) is 0.310. The second-order valence-electron chi connectivity index (χ2n) is 3.89. The fourth-order valence-corrected chi connectivity index (χ4v) is 1.56. The van der Waals surface area contributed by atoms with Crippen molar-refractivity contribution in [3.05, 3.63) is 29.7 Å². The molecule has 1 amide bonds. The summed E-state index contributed by atoms with van der Waals surface area (Å²) in [6.07, 6.45) is 2.08. The molecule has 2 heterocycles. The maximum Gasteiger partial charge on any atom is 0.258 e. The lowest BCUT2D eigenvalue weighted by molar-refractivity contribution is 0.102. The molecular weight excluding hydrogens is 246 g/mol. The van der Waals surface area contributed by atoms with Gasteiger partial charge in [0.25, 0.3) is 5.91 Å². The Balaban J connectivity index is 2.25. The molecule has 0 radical (unpaired) electrons. The van der Waals surface area contributed by atoms with E-state index in [9.17, 15) is 4.79 Å². The van der Waals surface area contributed by atoms with Gasteiger partial charge in [0.1, 0.15) is 12.1 Å². The van der Waals surface area contributed by atoms with Crippen molar-refractivity contribution in [2.45, 2.75) is 13.3 Å². The van der Waals surface area contributed by atoms with Gasteiger partial charge in [0.05, 0.1) is 0 Å². The van der Waals surface area contributed by atoms with Gasteiger partial charge in [-0.15, -0.1) is 0 Å². The van der Waals surface area contributed by atoms with E-state index in [1.54, 1.807) is 19.2 Å². The van der Waals surface area contributed by atoms with Crippen LogP contribution in [0.5, 0.6) is 0 Å². The second-order valence-corrected chi connectivity index (χ2v) is 3.89. The lowest BCUT2D eigenvalue weighted by Crippen LogP contribution is -2.17. The van der Waals surface area contributed by atoms with Gasteiger partial charge in [0.15, 0.2) is 0 Å². The van der Waals surface area contributed by atoms with Gasteiger partial charge >= 0.3 is 0 Å². The van der Waals surface area contributed by atoms with Crippen LogP contribution in [0.15, 0.2) is 18.5 Å².